The monoisotopic (exact) mass is 240 g/mol. The Labute approximate surface area is 108 Å². The molecule has 0 spiro atoms. The van der Waals surface area contributed by atoms with E-state index in [-0.39, 0.29) is 0 Å². The zero-order valence-corrected chi connectivity index (χ0v) is 12.4. The van der Waals surface area contributed by atoms with E-state index in [1.165, 1.54) is 51.7 Å². The van der Waals surface area contributed by atoms with Gasteiger partial charge in [0, 0.05) is 19.1 Å². The molecule has 2 heteroatoms. The summed E-state index contributed by atoms with van der Waals surface area (Å²) < 4.78 is 0. The minimum absolute atomic E-state index is 0.667. The van der Waals surface area contributed by atoms with Crippen molar-refractivity contribution >= 4 is 0 Å². The van der Waals surface area contributed by atoms with Crippen LogP contribution >= 0.6 is 0 Å². The van der Waals surface area contributed by atoms with E-state index >= 15 is 0 Å². The smallest absolute Gasteiger partial charge is 0.0107 e. The van der Waals surface area contributed by atoms with Crippen molar-refractivity contribution in [2.75, 3.05) is 26.2 Å². The maximum atomic E-state index is 3.59. The molecule has 1 aliphatic rings. The highest BCUT2D eigenvalue weighted by molar-refractivity contribution is 4.84. The van der Waals surface area contributed by atoms with E-state index in [0.29, 0.717) is 11.5 Å². The minimum Gasteiger partial charge on any atom is -0.313 e. The molecule has 0 bridgehead atoms. The molecular formula is C15H32N2. The Bertz CT molecular complexity index is 189. The Kier molecular flexibility index (Phi) is 6.50. The van der Waals surface area contributed by atoms with Gasteiger partial charge in [0.1, 0.15) is 0 Å². The van der Waals surface area contributed by atoms with Crippen LogP contribution in [0.5, 0.6) is 0 Å². The summed E-state index contributed by atoms with van der Waals surface area (Å²) in [5, 5.41) is 3.59. The van der Waals surface area contributed by atoms with Gasteiger partial charge >= 0.3 is 0 Å². The molecule has 1 rings (SSSR count). The van der Waals surface area contributed by atoms with Crippen molar-refractivity contribution in [3.63, 3.8) is 0 Å². The lowest BCUT2D eigenvalue weighted by atomic mass is 9.74. The van der Waals surface area contributed by atoms with E-state index in [0.717, 1.165) is 6.54 Å². The first-order valence-corrected chi connectivity index (χ1v) is 7.61. The van der Waals surface area contributed by atoms with Crippen molar-refractivity contribution in [2.24, 2.45) is 5.41 Å². The van der Waals surface area contributed by atoms with Gasteiger partial charge in [0.05, 0.1) is 0 Å². The van der Waals surface area contributed by atoms with Crippen LogP contribution in [0.25, 0.3) is 0 Å². The van der Waals surface area contributed by atoms with Crippen LogP contribution in [-0.4, -0.2) is 37.1 Å². The van der Waals surface area contributed by atoms with E-state index in [4.69, 9.17) is 0 Å². The molecule has 1 fully saturated rings. The first-order valence-electron chi connectivity index (χ1n) is 7.61. The van der Waals surface area contributed by atoms with Gasteiger partial charge in [-0.05, 0) is 44.7 Å². The maximum absolute atomic E-state index is 3.59. The van der Waals surface area contributed by atoms with Crippen LogP contribution < -0.4 is 5.32 Å². The number of nitrogens with zero attached hydrogens (tertiary/aromatic N) is 1. The second-order valence-electron chi connectivity index (χ2n) is 5.81. The predicted octanol–water partition coefficient (Wildman–Crippen LogP) is 3.28. The van der Waals surface area contributed by atoms with Gasteiger partial charge in [-0.1, -0.05) is 33.6 Å². The summed E-state index contributed by atoms with van der Waals surface area (Å²) in [6, 6.07) is 0.671. The molecule has 17 heavy (non-hydrogen) atoms. The molecule has 0 radical (unpaired) electrons. The molecule has 0 aromatic heterocycles. The number of nitrogens with one attached hydrogen (secondary N) is 1. The SMILES string of the molecule is CCC(C)NCCN1CCC(CC)(CC)CC1. The maximum Gasteiger partial charge on any atom is 0.0107 e. The molecule has 1 heterocycles. The summed E-state index contributed by atoms with van der Waals surface area (Å²) in [6.45, 7) is 14.2. The van der Waals surface area contributed by atoms with E-state index in [1.807, 2.05) is 0 Å². The van der Waals surface area contributed by atoms with E-state index in [9.17, 15) is 0 Å². The standard InChI is InChI=1S/C15H32N2/c1-5-14(4)16-10-13-17-11-8-15(6-2,7-3)9-12-17/h14,16H,5-13H2,1-4H3. The van der Waals surface area contributed by atoms with Crippen molar-refractivity contribution in [2.45, 2.75) is 65.8 Å². The second-order valence-corrected chi connectivity index (χ2v) is 5.81. The Balaban J connectivity index is 2.19. The lowest BCUT2D eigenvalue weighted by Gasteiger charge is -2.41. The van der Waals surface area contributed by atoms with Gasteiger partial charge in [-0.15, -0.1) is 0 Å². The number of hydrogen-bond acceptors (Lipinski definition) is 2. The van der Waals surface area contributed by atoms with Crippen LogP contribution in [0, 0.1) is 5.41 Å². The molecule has 1 N–H and O–H groups in total. The van der Waals surface area contributed by atoms with E-state index < -0.39 is 0 Å². The van der Waals surface area contributed by atoms with Crippen LogP contribution in [0.15, 0.2) is 0 Å². The minimum atomic E-state index is 0.667. The van der Waals surface area contributed by atoms with Gasteiger partial charge in [-0.2, -0.15) is 0 Å². The Morgan fingerprint density at radius 3 is 2.18 bits per heavy atom. The molecular weight excluding hydrogens is 208 g/mol. The van der Waals surface area contributed by atoms with Crippen molar-refractivity contribution in [1.82, 2.24) is 10.2 Å². The fourth-order valence-corrected chi connectivity index (χ4v) is 2.82. The van der Waals surface area contributed by atoms with Crippen molar-refractivity contribution < 1.29 is 0 Å². The fraction of sp³-hybridized carbons (Fsp3) is 1.00. The quantitative estimate of drug-likeness (QED) is 0.735. The van der Waals surface area contributed by atoms with Crippen LogP contribution in [-0.2, 0) is 0 Å². The van der Waals surface area contributed by atoms with E-state index in [1.54, 1.807) is 0 Å². The van der Waals surface area contributed by atoms with Crippen LogP contribution in [0.2, 0.25) is 0 Å². The molecule has 0 aliphatic carbocycles. The fourth-order valence-electron chi connectivity index (χ4n) is 2.82. The van der Waals surface area contributed by atoms with Gasteiger partial charge in [-0.25, -0.2) is 0 Å². The predicted molar refractivity (Wildman–Crippen MR) is 76.4 cm³/mol. The Morgan fingerprint density at radius 1 is 1.12 bits per heavy atom. The average molecular weight is 240 g/mol. The van der Waals surface area contributed by atoms with Gasteiger partial charge in [0.25, 0.3) is 0 Å². The van der Waals surface area contributed by atoms with Crippen LogP contribution in [0.4, 0.5) is 0 Å². The van der Waals surface area contributed by atoms with Gasteiger partial charge in [0.15, 0.2) is 0 Å². The summed E-state index contributed by atoms with van der Waals surface area (Å²) in [5.74, 6) is 0. The van der Waals surface area contributed by atoms with E-state index in [2.05, 4.69) is 37.9 Å². The zero-order valence-electron chi connectivity index (χ0n) is 12.4. The zero-order chi connectivity index (χ0) is 12.7. The summed E-state index contributed by atoms with van der Waals surface area (Å²) >= 11 is 0. The summed E-state index contributed by atoms with van der Waals surface area (Å²) in [5.41, 5.74) is 0.667. The molecule has 0 aromatic rings. The summed E-state index contributed by atoms with van der Waals surface area (Å²) in [7, 11) is 0. The summed E-state index contributed by atoms with van der Waals surface area (Å²) in [4.78, 5) is 2.64. The molecule has 1 aliphatic heterocycles. The topological polar surface area (TPSA) is 15.3 Å². The first kappa shape index (κ1) is 15.0. The normalized spacial score (nSPS) is 22.6. The molecule has 0 aromatic carbocycles. The number of likely N-dealkylation sites (tertiary alicyclic amines) is 1. The van der Waals surface area contributed by atoms with Gasteiger partial charge in [0.2, 0.25) is 0 Å². The third kappa shape index (κ3) is 4.59. The Hall–Kier alpha value is -0.0800. The van der Waals surface area contributed by atoms with Gasteiger partial charge < -0.3 is 10.2 Å². The molecule has 2 nitrogen and oxygen atoms in total. The molecule has 1 saturated heterocycles. The number of rotatable bonds is 7. The van der Waals surface area contributed by atoms with Crippen molar-refractivity contribution in [3.05, 3.63) is 0 Å². The second kappa shape index (κ2) is 7.38. The molecule has 1 unspecified atom stereocenters. The lowest BCUT2D eigenvalue weighted by Crippen LogP contribution is -2.43. The van der Waals surface area contributed by atoms with Crippen molar-refractivity contribution in [1.29, 1.82) is 0 Å². The highest BCUT2D eigenvalue weighted by atomic mass is 15.1. The van der Waals surface area contributed by atoms with Gasteiger partial charge in [-0.3, -0.25) is 0 Å². The Morgan fingerprint density at radius 2 is 1.71 bits per heavy atom. The first-order chi connectivity index (χ1) is 8.15. The number of hydrogen-bond donors (Lipinski definition) is 1. The lowest BCUT2D eigenvalue weighted by molar-refractivity contribution is 0.0956. The highest BCUT2D eigenvalue weighted by Gasteiger charge is 2.30. The largest absolute Gasteiger partial charge is 0.313 e. The molecule has 1 atom stereocenters. The molecule has 0 amide bonds. The third-order valence-electron chi connectivity index (χ3n) is 4.95. The average Bonchev–Trinajstić information content (AvgIpc) is 2.39. The third-order valence-corrected chi connectivity index (χ3v) is 4.95. The number of piperidine rings is 1. The van der Waals surface area contributed by atoms with Crippen LogP contribution in [0.1, 0.15) is 59.8 Å². The molecule has 0 saturated carbocycles. The molecule has 102 valence electrons. The summed E-state index contributed by atoms with van der Waals surface area (Å²) in [6.07, 6.45) is 6.77. The highest BCUT2D eigenvalue weighted by Crippen LogP contribution is 2.37. The van der Waals surface area contributed by atoms with Crippen LogP contribution in [0.3, 0.4) is 0 Å². The van der Waals surface area contributed by atoms with Crippen molar-refractivity contribution in [3.8, 4) is 0 Å².